The minimum atomic E-state index is 0.497. The molecule has 0 saturated heterocycles. The molecule has 76 valence electrons. The fourth-order valence-electron chi connectivity index (χ4n) is 1.17. The number of ether oxygens (including phenoxy) is 1. The van der Waals surface area contributed by atoms with E-state index in [1.54, 1.807) is 6.08 Å². The van der Waals surface area contributed by atoms with Crippen LogP contribution in [0.3, 0.4) is 0 Å². The van der Waals surface area contributed by atoms with Gasteiger partial charge in [0, 0.05) is 17.1 Å². The second-order valence-electron chi connectivity index (χ2n) is 2.85. The fraction of sp³-hybridized carbons (Fsp3) is 0.273. The first-order valence-electron chi connectivity index (χ1n) is 4.45. The minimum Gasteiger partial charge on any atom is -0.489 e. The van der Waals surface area contributed by atoms with Crippen molar-refractivity contribution in [3.05, 3.63) is 41.4 Å². The van der Waals surface area contributed by atoms with Crippen LogP contribution in [0.2, 0.25) is 5.02 Å². The maximum atomic E-state index is 6.04. The molecule has 0 spiro atoms. The van der Waals surface area contributed by atoms with Crippen molar-refractivity contribution < 1.29 is 4.74 Å². The summed E-state index contributed by atoms with van der Waals surface area (Å²) < 4.78 is 5.48. The maximum Gasteiger partial charge on any atom is 0.125 e. The number of benzene rings is 1. The zero-order chi connectivity index (χ0) is 10.4. The highest BCUT2D eigenvalue weighted by atomic mass is 35.5. The van der Waals surface area contributed by atoms with E-state index in [2.05, 4.69) is 11.9 Å². The van der Waals surface area contributed by atoms with Crippen molar-refractivity contribution in [3.63, 3.8) is 0 Å². The Kier molecular flexibility index (Phi) is 4.50. The Morgan fingerprint density at radius 3 is 3.00 bits per heavy atom. The van der Waals surface area contributed by atoms with Crippen LogP contribution in [0, 0.1) is 0 Å². The van der Waals surface area contributed by atoms with Gasteiger partial charge in [0.05, 0.1) is 0 Å². The van der Waals surface area contributed by atoms with Crippen LogP contribution in [0.1, 0.15) is 5.56 Å². The van der Waals surface area contributed by atoms with Crippen LogP contribution in [-0.4, -0.2) is 13.7 Å². The third-order valence-electron chi connectivity index (χ3n) is 1.79. The molecule has 1 aromatic rings. The zero-order valence-electron chi connectivity index (χ0n) is 8.22. The number of halogens is 1. The normalized spacial score (nSPS) is 9.86. The van der Waals surface area contributed by atoms with Gasteiger partial charge in [0.25, 0.3) is 0 Å². The predicted molar refractivity (Wildman–Crippen MR) is 59.9 cm³/mol. The molecule has 1 rings (SSSR count). The summed E-state index contributed by atoms with van der Waals surface area (Å²) in [5, 5.41) is 3.77. The van der Waals surface area contributed by atoms with Crippen molar-refractivity contribution in [2.45, 2.75) is 6.54 Å². The first kappa shape index (κ1) is 11.1. The Balaban J connectivity index is 2.89. The first-order chi connectivity index (χ1) is 6.79. The quantitative estimate of drug-likeness (QED) is 0.757. The molecule has 0 radical (unpaired) electrons. The molecule has 0 saturated carbocycles. The number of rotatable bonds is 5. The molecule has 0 fully saturated rings. The topological polar surface area (TPSA) is 21.3 Å². The Hall–Kier alpha value is -0.990. The van der Waals surface area contributed by atoms with Crippen molar-refractivity contribution >= 4 is 11.6 Å². The van der Waals surface area contributed by atoms with Crippen molar-refractivity contribution in [1.82, 2.24) is 5.32 Å². The molecule has 0 amide bonds. The first-order valence-corrected chi connectivity index (χ1v) is 4.83. The van der Waals surface area contributed by atoms with Crippen LogP contribution in [0.25, 0.3) is 0 Å². The summed E-state index contributed by atoms with van der Waals surface area (Å²) in [5.41, 5.74) is 0.985. The summed E-state index contributed by atoms with van der Waals surface area (Å²) in [4.78, 5) is 0. The average molecular weight is 212 g/mol. The molecular formula is C11H14ClNO. The van der Waals surface area contributed by atoms with E-state index < -0.39 is 0 Å². The lowest BCUT2D eigenvalue weighted by molar-refractivity contribution is 0.358. The average Bonchev–Trinajstić information content (AvgIpc) is 2.19. The molecule has 14 heavy (non-hydrogen) atoms. The standard InChI is InChI=1S/C11H14ClNO/c1-3-7-14-11-6-4-5-10(12)9(11)8-13-2/h3-6,13H,1,7-8H2,2H3. The van der Waals surface area contributed by atoms with Gasteiger partial charge in [-0.2, -0.15) is 0 Å². The minimum absolute atomic E-state index is 0.497. The Morgan fingerprint density at radius 1 is 1.57 bits per heavy atom. The molecule has 3 heteroatoms. The van der Waals surface area contributed by atoms with Gasteiger partial charge in [-0.25, -0.2) is 0 Å². The Morgan fingerprint density at radius 2 is 2.36 bits per heavy atom. The molecule has 0 aliphatic carbocycles. The van der Waals surface area contributed by atoms with E-state index in [-0.39, 0.29) is 0 Å². The molecule has 0 unspecified atom stereocenters. The Bertz CT molecular complexity index is 312. The zero-order valence-corrected chi connectivity index (χ0v) is 8.97. The summed E-state index contributed by atoms with van der Waals surface area (Å²) in [6.07, 6.45) is 1.71. The van der Waals surface area contributed by atoms with Crippen LogP contribution in [0.15, 0.2) is 30.9 Å². The van der Waals surface area contributed by atoms with E-state index in [1.165, 1.54) is 0 Å². The van der Waals surface area contributed by atoms with Crippen LogP contribution >= 0.6 is 11.6 Å². The highest BCUT2D eigenvalue weighted by Crippen LogP contribution is 2.26. The van der Waals surface area contributed by atoms with E-state index in [9.17, 15) is 0 Å². The molecular weight excluding hydrogens is 198 g/mol. The smallest absolute Gasteiger partial charge is 0.125 e. The highest BCUT2D eigenvalue weighted by Gasteiger charge is 2.06. The van der Waals surface area contributed by atoms with Gasteiger partial charge in [0.15, 0.2) is 0 Å². The van der Waals surface area contributed by atoms with Crippen molar-refractivity contribution in [3.8, 4) is 5.75 Å². The predicted octanol–water partition coefficient (Wildman–Crippen LogP) is 2.62. The van der Waals surface area contributed by atoms with Gasteiger partial charge in [0.1, 0.15) is 12.4 Å². The molecule has 0 bridgehead atoms. The molecule has 1 N–H and O–H groups in total. The second-order valence-corrected chi connectivity index (χ2v) is 3.25. The van der Waals surface area contributed by atoms with Crippen molar-refractivity contribution in [1.29, 1.82) is 0 Å². The monoisotopic (exact) mass is 211 g/mol. The molecule has 0 aliphatic heterocycles. The van der Waals surface area contributed by atoms with Gasteiger partial charge in [-0.05, 0) is 19.2 Å². The molecule has 0 aliphatic rings. The van der Waals surface area contributed by atoms with Gasteiger partial charge >= 0.3 is 0 Å². The molecule has 0 aromatic heterocycles. The summed E-state index contributed by atoms with van der Waals surface area (Å²) in [5.74, 6) is 0.812. The van der Waals surface area contributed by atoms with Gasteiger partial charge in [-0.15, -0.1) is 0 Å². The number of hydrogen-bond acceptors (Lipinski definition) is 2. The van der Waals surface area contributed by atoms with Crippen LogP contribution < -0.4 is 10.1 Å². The molecule has 2 nitrogen and oxygen atoms in total. The van der Waals surface area contributed by atoms with Gasteiger partial charge in [0.2, 0.25) is 0 Å². The van der Waals surface area contributed by atoms with Crippen LogP contribution in [0.5, 0.6) is 5.75 Å². The van der Waals surface area contributed by atoms with Gasteiger partial charge in [-0.1, -0.05) is 30.3 Å². The van der Waals surface area contributed by atoms with Crippen molar-refractivity contribution in [2.24, 2.45) is 0 Å². The number of nitrogens with one attached hydrogen (secondary N) is 1. The molecule has 1 aromatic carbocycles. The SMILES string of the molecule is C=CCOc1cccc(Cl)c1CNC. The molecule has 0 atom stereocenters. The van der Waals surface area contributed by atoms with E-state index in [4.69, 9.17) is 16.3 Å². The lowest BCUT2D eigenvalue weighted by atomic mass is 10.2. The van der Waals surface area contributed by atoms with E-state index in [1.807, 2.05) is 25.2 Å². The summed E-state index contributed by atoms with van der Waals surface area (Å²) in [6.45, 7) is 4.80. The third-order valence-corrected chi connectivity index (χ3v) is 2.14. The lowest BCUT2D eigenvalue weighted by Crippen LogP contribution is -2.08. The second kappa shape index (κ2) is 5.68. The maximum absolute atomic E-state index is 6.04. The fourth-order valence-corrected chi connectivity index (χ4v) is 1.40. The van der Waals surface area contributed by atoms with E-state index in [0.717, 1.165) is 16.3 Å². The lowest BCUT2D eigenvalue weighted by Gasteiger charge is -2.11. The Labute approximate surface area is 89.5 Å². The highest BCUT2D eigenvalue weighted by molar-refractivity contribution is 6.31. The van der Waals surface area contributed by atoms with E-state index >= 15 is 0 Å². The van der Waals surface area contributed by atoms with Crippen LogP contribution in [-0.2, 0) is 6.54 Å². The van der Waals surface area contributed by atoms with Gasteiger partial charge < -0.3 is 10.1 Å². The van der Waals surface area contributed by atoms with E-state index in [0.29, 0.717) is 13.2 Å². The molecule has 0 heterocycles. The van der Waals surface area contributed by atoms with Gasteiger partial charge in [-0.3, -0.25) is 0 Å². The third kappa shape index (κ3) is 2.76. The summed E-state index contributed by atoms with van der Waals surface area (Å²) in [7, 11) is 1.88. The summed E-state index contributed by atoms with van der Waals surface area (Å²) in [6, 6.07) is 5.64. The number of hydrogen-bond donors (Lipinski definition) is 1. The summed E-state index contributed by atoms with van der Waals surface area (Å²) >= 11 is 6.04. The largest absolute Gasteiger partial charge is 0.489 e. The van der Waals surface area contributed by atoms with Crippen molar-refractivity contribution in [2.75, 3.05) is 13.7 Å². The van der Waals surface area contributed by atoms with Crippen LogP contribution in [0.4, 0.5) is 0 Å².